The summed E-state index contributed by atoms with van der Waals surface area (Å²) in [6, 6.07) is -1.22. The Bertz CT molecular complexity index is 551. The van der Waals surface area contributed by atoms with Gasteiger partial charge in [0, 0.05) is 24.0 Å². The maximum Gasteiger partial charge on any atom is 0.418 e. The number of nitrogens with zero attached hydrogens (tertiary/aromatic N) is 1. The molecule has 5 N–H and O–H groups in total. The molecule has 9 heteroatoms. The number of imide groups is 1. The minimum Gasteiger partial charge on any atom is -0.443 e. The van der Waals surface area contributed by atoms with E-state index in [1.54, 1.807) is 32.5 Å². The van der Waals surface area contributed by atoms with Crippen LogP contribution in [0.2, 0.25) is 0 Å². The molecule has 3 amide bonds. The number of carbonyl (C=O) groups is 3. The van der Waals surface area contributed by atoms with Gasteiger partial charge in [0.05, 0.1) is 18.1 Å². The van der Waals surface area contributed by atoms with E-state index in [1.807, 2.05) is 0 Å². The number of hydrogen-bond donors (Lipinski definition) is 3. The van der Waals surface area contributed by atoms with Crippen LogP contribution in [0.5, 0.6) is 0 Å². The molecular weight excluding hydrogens is 356 g/mol. The molecule has 4 atom stereocenters. The van der Waals surface area contributed by atoms with Crippen molar-refractivity contribution in [2.75, 3.05) is 12.3 Å². The average molecular weight is 387 g/mol. The Kier molecular flexibility index (Phi) is 6.92. The van der Waals surface area contributed by atoms with Crippen LogP contribution in [-0.4, -0.2) is 64.1 Å². The summed E-state index contributed by atoms with van der Waals surface area (Å²) in [5, 5.41) is 3.02. The van der Waals surface area contributed by atoms with E-state index in [0.29, 0.717) is 6.42 Å². The molecule has 2 rings (SSSR count). The van der Waals surface area contributed by atoms with E-state index in [-0.39, 0.29) is 35.7 Å². The second kappa shape index (κ2) is 8.58. The number of unbranched alkanes of at least 4 members (excludes halogenated alkanes) is 1. The summed E-state index contributed by atoms with van der Waals surface area (Å²) >= 11 is 1.75. The molecule has 0 bridgehead atoms. The monoisotopic (exact) mass is 386 g/mol. The molecule has 148 valence electrons. The zero-order chi connectivity index (χ0) is 19.5. The van der Waals surface area contributed by atoms with Crippen molar-refractivity contribution in [2.45, 2.75) is 75.4 Å². The lowest BCUT2D eigenvalue weighted by molar-refractivity contribution is -0.120. The number of thioether (sulfide) groups is 1. The summed E-state index contributed by atoms with van der Waals surface area (Å²) in [6.07, 6.45) is 2.20. The molecule has 26 heavy (non-hydrogen) atoms. The number of ether oxygens (including phenoxy) is 1. The van der Waals surface area contributed by atoms with Gasteiger partial charge in [-0.2, -0.15) is 11.8 Å². The second-order valence-electron chi connectivity index (χ2n) is 7.82. The number of nitrogens with one attached hydrogen (secondary N) is 1. The van der Waals surface area contributed by atoms with E-state index >= 15 is 0 Å². The molecule has 1 unspecified atom stereocenters. The number of amides is 3. The maximum absolute atomic E-state index is 12.5. The number of ketones is 1. The molecule has 2 fully saturated rings. The molecular formula is C17H30N4O4S. The van der Waals surface area contributed by atoms with Gasteiger partial charge in [0.1, 0.15) is 5.60 Å². The standard InChI is InChI=1S/C17H30N4O4S/c1-17(2,3)25-16(24)21-14-11(20-15(21)23)9-26-13(14)7-5-4-6-12(22)10(19)8-18/h10-11,13-14H,4-9,18-19H2,1-3H3,(H,20,23)/t10?,11-,13-,14-/m0/s1. The van der Waals surface area contributed by atoms with Crippen LogP contribution in [0, 0.1) is 0 Å². The first kappa shape index (κ1) is 21.0. The van der Waals surface area contributed by atoms with Gasteiger partial charge in [-0.25, -0.2) is 14.5 Å². The number of rotatable bonds is 7. The van der Waals surface area contributed by atoms with Crippen molar-refractivity contribution in [3.05, 3.63) is 0 Å². The van der Waals surface area contributed by atoms with Crippen molar-refractivity contribution in [3.8, 4) is 0 Å². The predicted octanol–water partition coefficient (Wildman–Crippen LogP) is 1.21. The number of hydrogen-bond acceptors (Lipinski definition) is 7. The lowest BCUT2D eigenvalue weighted by Crippen LogP contribution is -2.46. The van der Waals surface area contributed by atoms with Crippen LogP contribution in [-0.2, 0) is 9.53 Å². The smallest absolute Gasteiger partial charge is 0.418 e. The Labute approximate surface area is 158 Å². The van der Waals surface area contributed by atoms with Crippen molar-refractivity contribution in [2.24, 2.45) is 11.5 Å². The first-order valence-corrected chi connectivity index (χ1v) is 10.1. The molecule has 0 aromatic rings. The summed E-state index contributed by atoms with van der Waals surface area (Å²) in [5.74, 6) is 0.759. The molecule has 0 aromatic carbocycles. The number of Topliss-reactive ketones (excluding diaryl/α,β-unsaturated/α-hetero) is 1. The maximum atomic E-state index is 12.5. The molecule has 2 aliphatic heterocycles. The van der Waals surface area contributed by atoms with Gasteiger partial charge in [-0.15, -0.1) is 0 Å². The van der Waals surface area contributed by atoms with E-state index in [1.165, 1.54) is 4.90 Å². The fourth-order valence-corrected chi connectivity index (χ4v) is 4.83. The Morgan fingerprint density at radius 3 is 2.69 bits per heavy atom. The number of nitrogens with two attached hydrogens (primary N) is 2. The highest BCUT2D eigenvalue weighted by molar-refractivity contribution is 8.00. The summed E-state index contributed by atoms with van der Waals surface area (Å²) in [5.41, 5.74) is 10.4. The SMILES string of the molecule is CC(C)(C)OC(=O)N1C(=O)N[C@H]2CS[C@@H](CCCCC(=O)C(N)CN)[C@H]21. The zero-order valence-corrected chi connectivity index (χ0v) is 16.5. The minimum atomic E-state index is -0.654. The van der Waals surface area contributed by atoms with Gasteiger partial charge in [-0.05, 0) is 33.6 Å². The fourth-order valence-electron chi connectivity index (χ4n) is 3.25. The van der Waals surface area contributed by atoms with Crippen molar-refractivity contribution < 1.29 is 19.1 Å². The van der Waals surface area contributed by atoms with E-state index in [9.17, 15) is 14.4 Å². The number of urea groups is 1. The first-order valence-electron chi connectivity index (χ1n) is 9.06. The largest absolute Gasteiger partial charge is 0.443 e. The Morgan fingerprint density at radius 1 is 1.38 bits per heavy atom. The summed E-state index contributed by atoms with van der Waals surface area (Å²) in [4.78, 5) is 37.6. The lowest BCUT2D eigenvalue weighted by Gasteiger charge is -2.28. The molecule has 8 nitrogen and oxygen atoms in total. The van der Waals surface area contributed by atoms with Crippen LogP contribution >= 0.6 is 11.8 Å². The van der Waals surface area contributed by atoms with Crippen LogP contribution < -0.4 is 16.8 Å². The van der Waals surface area contributed by atoms with Gasteiger partial charge < -0.3 is 21.5 Å². The fraction of sp³-hybridized carbons (Fsp3) is 0.824. The number of fused-ring (bicyclic) bond motifs is 1. The van der Waals surface area contributed by atoms with Crippen LogP contribution in [0.1, 0.15) is 46.5 Å². The third kappa shape index (κ3) is 5.11. The van der Waals surface area contributed by atoms with Gasteiger partial charge >= 0.3 is 12.1 Å². The Hall–Kier alpha value is -1.32. The van der Waals surface area contributed by atoms with Crippen LogP contribution in [0.4, 0.5) is 9.59 Å². The summed E-state index contributed by atoms with van der Waals surface area (Å²) in [7, 11) is 0. The normalized spacial score (nSPS) is 26.4. The van der Waals surface area contributed by atoms with Crippen LogP contribution in [0.15, 0.2) is 0 Å². The number of carbonyl (C=O) groups excluding carboxylic acids is 3. The quantitative estimate of drug-likeness (QED) is 0.443. The highest BCUT2D eigenvalue weighted by Crippen LogP contribution is 2.38. The molecule has 0 radical (unpaired) electrons. The van der Waals surface area contributed by atoms with E-state index in [4.69, 9.17) is 16.2 Å². The van der Waals surface area contributed by atoms with Crippen LogP contribution in [0.25, 0.3) is 0 Å². The highest BCUT2D eigenvalue weighted by atomic mass is 32.2. The van der Waals surface area contributed by atoms with Gasteiger partial charge in [0.15, 0.2) is 5.78 Å². The van der Waals surface area contributed by atoms with Crippen molar-refractivity contribution in [1.29, 1.82) is 0 Å². The van der Waals surface area contributed by atoms with E-state index in [0.717, 1.165) is 25.0 Å². The first-order chi connectivity index (χ1) is 12.1. The molecule has 0 aromatic heterocycles. The van der Waals surface area contributed by atoms with Crippen molar-refractivity contribution >= 4 is 29.7 Å². The molecule has 0 saturated carbocycles. The molecule has 2 saturated heterocycles. The molecule has 0 spiro atoms. The van der Waals surface area contributed by atoms with E-state index < -0.39 is 17.7 Å². The van der Waals surface area contributed by atoms with Gasteiger partial charge in [-0.3, -0.25) is 4.79 Å². The lowest BCUT2D eigenvalue weighted by atomic mass is 10.0. The van der Waals surface area contributed by atoms with Gasteiger partial charge in [0.2, 0.25) is 0 Å². The van der Waals surface area contributed by atoms with Crippen molar-refractivity contribution in [1.82, 2.24) is 10.2 Å². The third-order valence-corrected chi connectivity index (χ3v) is 6.02. The van der Waals surface area contributed by atoms with Gasteiger partial charge in [0.25, 0.3) is 0 Å². The topological polar surface area (TPSA) is 128 Å². The third-order valence-electron chi connectivity index (χ3n) is 4.53. The van der Waals surface area contributed by atoms with E-state index in [2.05, 4.69) is 5.32 Å². The minimum absolute atomic E-state index is 0.0162. The molecule has 2 aliphatic rings. The van der Waals surface area contributed by atoms with Crippen LogP contribution in [0.3, 0.4) is 0 Å². The second-order valence-corrected chi connectivity index (χ2v) is 9.10. The Balaban J connectivity index is 1.89. The molecule has 2 heterocycles. The van der Waals surface area contributed by atoms with Crippen molar-refractivity contribution in [3.63, 3.8) is 0 Å². The predicted molar refractivity (Wildman–Crippen MR) is 101 cm³/mol. The summed E-state index contributed by atoms with van der Waals surface area (Å²) < 4.78 is 5.39. The highest BCUT2D eigenvalue weighted by Gasteiger charge is 2.51. The Morgan fingerprint density at radius 2 is 2.08 bits per heavy atom. The average Bonchev–Trinajstić information content (AvgIpc) is 3.06. The van der Waals surface area contributed by atoms with Gasteiger partial charge in [-0.1, -0.05) is 6.42 Å². The molecule has 0 aliphatic carbocycles. The summed E-state index contributed by atoms with van der Waals surface area (Å²) in [6.45, 7) is 5.50. The zero-order valence-electron chi connectivity index (χ0n) is 15.7.